The van der Waals surface area contributed by atoms with Gasteiger partial charge in [0.05, 0.1) is 0 Å². The minimum absolute atomic E-state index is 0.716. The van der Waals surface area contributed by atoms with E-state index in [0.717, 1.165) is 29.9 Å². The summed E-state index contributed by atoms with van der Waals surface area (Å²) in [6, 6.07) is 17.9. The van der Waals surface area contributed by atoms with Crippen LogP contribution in [0.1, 0.15) is 11.4 Å². The van der Waals surface area contributed by atoms with Gasteiger partial charge in [-0.2, -0.15) is 5.10 Å². The third kappa shape index (κ3) is 2.85. The summed E-state index contributed by atoms with van der Waals surface area (Å²) in [5.41, 5.74) is 8.69. The summed E-state index contributed by atoms with van der Waals surface area (Å²) in [6.45, 7) is 0. The summed E-state index contributed by atoms with van der Waals surface area (Å²) in [5.74, 6) is 1.62. The molecular formula is C16H16N4. The molecule has 4 heteroatoms. The van der Waals surface area contributed by atoms with Crippen LogP contribution in [0.4, 0.5) is 5.69 Å². The largest absolute Gasteiger partial charge is 0.399 e. The van der Waals surface area contributed by atoms with Crippen LogP contribution in [0.15, 0.2) is 54.6 Å². The van der Waals surface area contributed by atoms with Crippen molar-refractivity contribution in [1.29, 1.82) is 0 Å². The molecule has 0 radical (unpaired) electrons. The topological polar surface area (TPSA) is 67.6 Å². The lowest BCUT2D eigenvalue weighted by Gasteiger charge is -1.98. The highest BCUT2D eigenvalue weighted by Crippen LogP contribution is 2.16. The number of nitrogens with zero attached hydrogens (tertiary/aromatic N) is 2. The van der Waals surface area contributed by atoms with Gasteiger partial charge in [-0.05, 0) is 36.2 Å². The maximum atomic E-state index is 5.67. The van der Waals surface area contributed by atoms with Gasteiger partial charge in [-0.15, -0.1) is 0 Å². The molecule has 0 saturated carbocycles. The molecule has 1 aromatic heterocycles. The quantitative estimate of drug-likeness (QED) is 0.712. The van der Waals surface area contributed by atoms with Crippen molar-refractivity contribution in [2.24, 2.45) is 0 Å². The predicted octanol–water partition coefficient (Wildman–Crippen LogP) is 2.84. The van der Waals surface area contributed by atoms with Crippen LogP contribution in [-0.4, -0.2) is 15.2 Å². The van der Waals surface area contributed by atoms with E-state index in [4.69, 9.17) is 5.73 Å². The van der Waals surface area contributed by atoms with Crippen molar-refractivity contribution >= 4 is 5.69 Å². The van der Waals surface area contributed by atoms with Gasteiger partial charge in [0, 0.05) is 17.7 Å². The van der Waals surface area contributed by atoms with Crippen LogP contribution in [0.2, 0.25) is 0 Å². The van der Waals surface area contributed by atoms with Crippen LogP contribution >= 0.6 is 0 Å². The molecule has 20 heavy (non-hydrogen) atoms. The van der Waals surface area contributed by atoms with E-state index >= 15 is 0 Å². The number of anilines is 1. The summed E-state index contributed by atoms with van der Waals surface area (Å²) in [6.07, 6.45) is 1.81. The molecule has 3 aromatic rings. The van der Waals surface area contributed by atoms with Crippen molar-refractivity contribution in [3.8, 4) is 11.4 Å². The van der Waals surface area contributed by atoms with E-state index in [1.807, 2.05) is 30.3 Å². The van der Waals surface area contributed by atoms with E-state index < -0.39 is 0 Å². The average molecular weight is 264 g/mol. The Morgan fingerprint density at radius 3 is 2.40 bits per heavy atom. The molecule has 0 spiro atoms. The first-order valence-electron chi connectivity index (χ1n) is 6.62. The Hall–Kier alpha value is -2.62. The summed E-state index contributed by atoms with van der Waals surface area (Å²) in [4.78, 5) is 4.52. The zero-order chi connectivity index (χ0) is 13.8. The lowest BCUT2D eigenvalue weighted by atomic mass is 10.1. The molecule has 2 aromatic carbocycles. The molecule has 4 nitrogen and oxygen atoms in total. The first-order chi connectivity index (χ1) is 9.81. The Bertz CT molecular complexity index is 671. The number of aromatic nitrogens is 3. The summed E-state index contributed by atoms with van der Waals surface area (Å²) in [5, 5.41) is 7.25. The van der Waals surface area contributed by atoms with E-state index in [2.05, 4.69) is 39.4 Å². The summed E-state index contributed by atoms with van der Waals surface area (Å²) in [7, 11) is 0. The zero-order valence-corrected chi connectivity index (χ0v) is 11.1. The highest BCUT2D eigenvalue weighted by Gasteiger charge is 2.05. The fourth-order valence-electron chi connectivity index (χ4n) is 2.08. The Morgan fingerprint density at radius 2 is 1.65 bits per heavy atom. The van der Waals surface area contributed by atoms with E-state index in [1.165, 1.54) is 5.56 Å². The Kier molecular flexibility index (Phi) is 3.46. The molecule has 0 amide bonds. The summed E-state index contributed by atoms with van der Waals surface area (Å²) >= 11 is 0. The maximum Gasteiger partial charge on any atom is 0.181 e. The molecule has 100 valence electrons. The second-order valence-electron chi connectivity index (χ2n) is 4.71. The zero-order valence-electron chi connectivity index (χ0n) is 11.1. The van der Waals surface area contributed by atoms with Crippen molar-refractivity contribution in [1.82, 2.24) is 15.2 Å². The minimum atomic E-state index is 0.716. The average Bonchev–Trinajstić information content (AvgIpc) is 2.96. The third-order valence-corrected chi connectivity index (χ3v) is 3.19. The number of benzene rings is 2. The molecule has 0 fully saturated rings. The molecule has 3 N–H and O–H groups in total. The van der Waals surface area contributed by atoms with Gasteiger partial charge in [-0.3, -0.25) is 5.10 Å². The molecule has 1 heterocycles. The molecule has 0 unspecified atom stereocenters. The molecular weight excluding hydrogens is 248 g/mol. The predicted molar refractivity (Wildman–Crippen MR) is 80.1 cm³/mol. The van der Waals surface area contributed by atoms with Gasteiger partial charge >= 0.3 is 0 Å². The lowest BCUT2D eigenvalue weighted by Crippen LogP contribution is -1.93. The first kappa shape index (κ1) is 12.4. The lowest BCUT2D eigenvalue weighted by molar-refractivity contribution is 0.865. The van der Waals surface area contributed by atoms with Crippen molar-refractivity contribution in [2.75, 3.05) is 5.73 Å². The van der Waals surface area contributed by atoms with E-state index in [1.54, 1.807) is 0 Å². The van der Waals surface area contributed by atoms with E-state index in [-0.39, 0.29) is 0 Å². The van der Waals surface area contributed by atoms with Gasteiger partial charge in [0.15, 0.2) is 5.82 Å². The highest BCUT2D eigenvalue weighted by atomic mass is 15.2. The number of nitrogens with one attached hydrogen (secondary N) is 1. The van der Waals surface area contributed by atoms with Crippen molar-refractivity contribution in [2.45, 2.75) is 12.8 Å². The van der Waals surface area contributed by atoms with Crippen molar-refractivity contribution in [3.63, 3.8) is 0 Å². The molecule has 0 aliphatic heterocycles. The fraction of sp³-hybridized carbons (Fsp3) is 0.125. The number of aryl methyl sites for hydroxylation is 2. The van der Waals surface area contributed by atoms with Crippen LogP contribution in [0, 0.1) is 0 Å². The first-order valence-corrected chi connectivity index (χ1v) is 6.62. The number of nitrogen functional groups attached to an aromatic ring is 1. The second kappa shape index (κ2) is 5.57. The highest BCUT2D eigenvalue weighted by molar-refractivity contribution is 5.58. The molecule has 3 rings (SSSR count). The van der Waals surface area contributed by atoms with Gasteiger partial charge in [0.25, 0.3) is 0 Å². The van der Waals surface area contributed by atoms with E-state index in [0.29, 0.717) is 5.82 Å². The van der Waals surface area contributed by atoms with Crippen molar-refractivity contribution < 1.29 is 0 Å². The molecule has 0 saturated heterocycles. The number of aromatic amines is 1. The Balaban J connectivity index is 1.69. The van der Waals surface area contributed by atoms with Crippen LogP contribution < -0.4 is 5.73 Å². The fourth-order valence-corrected chi connectivity index (χ4v) is 2.08. The van der Waals surface area contributed by atoms with Gasteiger partial charge in [0.2, 0.25) is 0 Å². The summed E-state index contributed by atoms with van der Waals surface area (Å²) < 4.78 is 0. The molecule has 0 aliphatic rings. The van der Waals surface area contributed by atoms with Gasteiger partial charge in [-0.1, -0.05) is 30.3 Å². The normalized spacial score (nSPS) is 10.6. The standard InChI is InChI=1S/C16H16N4/c17-14-9-7-13(8-10-14)16-18-15(19-20-16)11-6-12-4-2-1-3-5-12/h1-5,7-10H,6,11,17H2,(H,18,19,20). The van der Waals surface area contributed by atoms with E-state index in [9.17, 15) is 0 Å². The van der Waals surface area contributed by atoms with Crippen LogP contribution in [-0.2, 0) is 12.8 Å². The third-order valence-electron chi connectivity index (χ3n) is 3.19. The SMILES string of the molecule is Nc1ccc(-c2n[nH]c(CCc3ccccc3)n2)cc1. The number of hydrogen-bond acceptors (Lipinski definition) is 3. The smallest absolute Gasteiger partial charge is 0.181 e. The minimum Gasteiger partial charge on any atom is -0.399 e. The van der Waals surface area contributed by atoms with Crippen molar-refractivity contribution in [3.05, 3.63) is 66.0 Å². The Labute approximate surface area is 117 Å². The molecule has 0 bridgehead atoms. The maximum absolute atomic E-state index is 5.67. The van der Waals surface area contributed by atoms with Gasteiger partial charge in [0.1, 0.15) is 5.82 Å². The molecule has 0 atom stereocenters. The van der Waals surface area contributed by atoms with Gasteiger partial charge in [-0.25, -0.2) is 4.98 Å². The van der Waals surface area contributed by atoms with Gasteiger partial charge < -0.3 is 5.73 Å². The second-order valence-corrected chi connectivity index (χ2v) is 4.71. The monoisotopic (exact) mass is 264 g/mol. The van der Waals surface area contributed by atoms with Crippen LogP contribution in [0.25, 0.3) is 11.4 Å². The van der Waals surface area contributed by atoms with Crippen LogP contribution in [0.3, 0.4) is 0 Å². The Morgan fingerprint density at radius 1 is 0.900 bits per heavy atom. The number of rotatable bonds is 4. The number of H-pyrrole nitrogens is 1. The van der Waals surface area contributed by atoms with Crippen LogP contribution in [0.5, 0.6) is 0 Å². The molecule has 0 aliphatic carbocycles. The number of nitrogens with two attached hydrogens (primary N) is 1. The number of hydrogen-bond donors (Lipinski definition) is 2.